The highest BCUT2D eigenvalue weighted by Gasteiger charge is 2.28. The Morgan fingerprint density at radius 2 is 1.91 bits per heavy atom. The number of nitrogens with one attached hydrogen (secondary N) is 1. The van der Waals surface area contributed by atoms with Crippen molar-refractivity contribution in [3.8, 4) is 0 Å². The zero-order valence-corrected chi connectivity index (χ0v) is 20.7. The second-order valence-corrected chi connectivity index (χ2v) is 11.1. The molecule has 3 heterocycles. The van der Waals surface area contributed by atoms with Gasteiger partial charge in [-0.3, -0.25) is 4.79 Å². The van der Waals surface area contributed by atoms with E-state index in [4.69, 9.17) is 10.1 Å². The maximum atomic E-state index is 12.3. The summed E-state index contributed by atoms with van der Waals surface area (Å²) in [7, 11) is 0. The van der Waals surface area contributed by atoms with Crippen molar-refractivity contribution in [1.82, 2.24) is 24.8 Å². The first-order valence-electron chi connectivity index (χ1n) is 12.6. The molecule has 1 amide bonds. The molecule has 0 spiro atoms. The molecule has 1 saturated carbocycles. The molecule has 2 aromatic heterocycles. The van der Waals surface area contributed by atoms with Crippen LogP contribution >= 0.6 is 0 Å². The van der Waals surface area contributed by atoms with Crippen LogP contribution in [0.4, 0.5) is 0 Å². The molecule has 1 aliphatic heterocycles. The number of aromatic nitrogens is 3. The summed E-state index contributed by atoms with van der Waals surface area (Å²) in [5.41, 5.74) is 5.17. The first kappa shape index (κ1) is 23.2. The number of carbonyl (C=O) groups is 1. The maximum Gasteiger partial charge on any atom is 0.220 e. The normalized spacial score (nSPS) is 20.8. The monoisotopic (exact) mass is 439 g/mol. The number of aryl methyl sites for hydroxylation is 2. The van der Waals surface area contributed by atoms with Crippen molar-refractivity contribution in [2.75, 3.05) is 19.6 Å². The molecule has 0 unspecified atom stereocenters. The van der Waals surface area contributed by atoms with Crippen LogP contribution in [0.25, 0.3) is 5.65 Å². The number of fused-ring (bicyclic) bond motifs is 1. The van der Waals surface area contributed by atoms with Gasteiger partial charge < -0.3 is 10.2 Å². The molecule has 176 valence electrons. The quantitative estimate of drug-likeness (QED) is 0.717. The fourth-order valence-corrected chi connectivity index (χ4v) is 5.60. The Morgan fingerprint density at radius 1 is 1.16 bits per heavy atom. The van der Waals surface area contributed by atoms with Crippen molar-refractivity contribution >= 4 is 11.6 Å². The highest BCUT2D eigenvalue weighted by atomic mass is 16.1. The fourth-order valence-electron chi connectivity index (χ4n) is 5.60. The topological polar surface area (TPSA) is 62.5 Å². The minimum Gasteiger partial charge on any atom is -0.351 e. The Kier molecular flexibility index (Phi) is 6.89. The predicted molar refractivity (Wildman–Crippen MR) is 129 cm³/mol. The zero-order valence-electron chi connectivity index (χ0n) is 20.7. The highest BCUT2D eigenvalue weighted by molar-refractivity contribution is 5.77. The lowest BCUT2D eigenvalue weighted by molar-refractivity contribution is -0.122. The average Bonchev–Trinajstić information content (AvgIpc) is 3.34. The minimum atomic E-state index is -0.202. The molecule has 1 aliphatic carbocycles. The van der Waals surface area contributed by atoms with Crippen LogP contribution in [0.15, 0.2) is 6.07 Å². The van der Waals surface area contributed by atoms with E-state index in [2.05, 4.69) is 30.1 Å². The molecule has 1 atom stereocenters. The van der Waals surface area contributed by atoms with Gasteiger partial charge in [0.15, 0.2) is 5.65 Å². The standard InChI is InChI=1S/C26H41N5O/c1-18-22(11-12-25(32)28-26(3,4)5)19(2)31-24(27-18)15-23(29-31)21-13-14-30(17-21)16-20-9-7-6-8-10-20/h15,20-21H,6-14,16-17H2,1-5H3,(H,28,32)/t21-/m0/s1. The van der Waals surface area contributed by atoms with E-state index in [9.17, 15) is 4.79 Å². The third kappa shape index (κ3) is 5.51. The third-order valence-corrected chi connectivity index (χ3v) is 7.23. The van der Waals surface area contributed by atoms with E-state index < -0.39 is 0 Å². The summed E-state index contributed by atoms with van der Waals surface area (Å²) < 4.78 is 2.00. The number of rotatable bonds is 6. The van der Waals surface area contributed by atoms with Gasteiger partial charge in [-0.15, -0.1) is 0 Å². The summed E-state index contributed by atoms with van der Waals surface area (Å²) in [5.74, 6) is 1.48. The first-order valence-corrected chi connectivity index (χ1v) is 12.6. The van der Waals surface area contributed by atoms with Crippen molar-refractivity contribution < 1.29 is 4.79 Å². The Balaban J connectivity index is 1.43. The number of hydrogen-bond acceptors (Lipinski definition) is 4. The van der Waals surface area contributed by atoms with Gasteiger partial charge in [0.05, 0.1) is 5.69 Å². The summed E-state index contributed by atoms with van der Waals surface area (Å²) in [6.45, 7) is 13.8. The fraction of sp³-hybridized carbons (Fsp3) is 0.731. The van der Waals surface area contributed by atoms with E-state index in [1.807, 2.05) is 25.3 Å². The van der Waals surface area contributed by atoms with Gasteiger partial charge in [-0.1, -0.05) is 19.3 Å². The molecular weight excluding hydrogens is 398 g/mol. The molecule has 2 fully saturated rings. The van der Waals surface area contributed by atoms with Gasteiger partial charge in [0, 0.05) is 48.4 Å². The first-order chi connectivity index (χ1) is 15.2. The minimum absolute atomic E-state index is 0.0848. The van der Waals surface area contributed by atoms with Crippen LogP contribution < -0.4 is 5.32 Å². The lowest BCUT2D eigenvalue weighted by Crippen LogP contribution is -2.40. The van der Waals surface area contributed by atoms with Crippen molar-refractivity contribution in [1.29, 1.82) is 0 Å². The van der Waals surface area contributed by atoms with Gasteiger partial charge in [-0.05, 0) is 78.3 Å². The molecule has 32 heavy (non-hydrogen) atoms. The molecule has 0 radical (unpaired) electrons. The van der Waals surface area contributed by atoms with Crippen molar-refractivity contribution in [2.24, 2.45) is 5.92 Å². The van der Waals surface area contributed by atoms with Crippen LogP contribution in [-0.4, -0.2) is 50.6 Å². The maximum absolute atomic E-state index is 12.3. The third-order valence-electron chi connectivity index (χ3n) is 7.23. The molecule has 2 aromatic rings. The molecule has 1 saturated heterocycles. The summed E-state index contributed by atoms with van der Waals surface area (Å²) in [6.07, 6.45) is 9.43. The SMILES string of the molecule is Cc1nc2cc([C@H]3CCN(CC4CCCCC4)C3)nn2c(C)c1CCC(=O)NC(C)(C)C. The largest absolute Gasteiger partial charge is 0.351 e. The van der Waals surface area contributed by atoms with E-state index in [0.29, 0.717) is 18.8 Å². The van der Waals surface area contributed by atoms with Gasteiger partial charge in [0.2, 0.25) is 5.91 Å². The van der Waals surface area contributed by atoms with Crippen LogP contribution in [0.5, 0.6) is 0 Å². The molecule has 1 N–H and O–H groups in total. The molecule has 4 rings (SSSR count). The number of nitrogens with zero attached hydrogens (tertiary/aromatic N) is 4. The smallest absolute Gasteiger partial charge is 0.220 e. The lowest BCUT2D eigenvalue weighted by atomic mass is 9.89. The van der Waals surface area contributed by atoms with Crippen LogP contribution in [0, 0.1) is 19.8 Å². The molecule has 0 aromatic carbocycles. The Hall–Kier alpha value is -1.95. The van der Waals surface area contributed by atoms with Crippen LogP contribution in [0.3, 0.4) is 0 Å². The molecular formula is C26H41N5O. The predicted octanol–water partition coefficient (Wildman–Crippen LogP) is 4.56. The van der Waals surface area contributed by atoms with E-state index in [1.165, 1.54) is 57.3 Å². The van der Waals surface area contributed by atoms with Gasteiger partial charge in [0.25, 0.3) is 0 Å². The van der Waals surface area contributed by atoms with Gasteiger partial charge in [-0.25, -0.2) is 9.50 Å². The molecule has 0 bridgehead atoms. The lowest BCUT2D eigenvalue weighted by Gasteiger charge is -2.26. The van der Waals surface area contributed by atoms with Gasteiger partial charge in [0.1, 0.15) is 0 Å². The number of likely N-dealkylation sites (tertiary alicyclic amines) is 1. The van der Waals surface area contributed by atoms with Crippen molar-refractivity contribution in [2.45, 2.75) is 97.4 Å². The summed E-state index contributed by atoms with van der Waals surface area (Å²) in [5, 5.41) is 8.04. The van der Waals surface area contributed by atoms with E-state index in [0.717, 1.165) is 35.1 Å². The summed E-state index contributed by atoms with van der Waals surface area (Å²) in [4.78, 5) is 19.8. The van der Waals surface area contributed by atoms with Crippen LogP contribution in [-0.2, 0) is 11.2 Å². The Labute approximate surface area is 193 Å². The molecule has 6 nitrogen and oxygen atoms in total. The Morgan fingerprint density at radius 3 is 2.62 bits per heavy atom. The summed E-state index contributed by atoms with van der Waals surface area (Å²) in [6, 6.07) is 2.19. The summed E-state index contributed by atoms with van der Waals surface area (Å²) >= 11 is 0. The van der Waals surface area contributed by atoms with Gasteiger partial charge in [-0.2, -0.15) is 5.10 Å². The van der Waals surface area contributed by atoms with Crippen LogP contribution in [0.1, 0.15) is 94.3 Å². The van der Waals surface area contributed by atoms with E-state index in [-0.39, 0.29) is 11.4 Å². The molecule has 6 heteroatoms. The van der Waals surface area contributed by atoms with Crippen LogP contribution in [0.2, 0.25) is 0 Å². The number of hydrogen-bond donors (Lipinski definition) is 1. The van der Waals surface area contributed by atoms with Crippen molar-refractivity contribution in [3.63, 3.8) is 0 Å². The second kappa shape index (κ2) is 9.50. The van der Waals surface area contributed by atoms with Gasteiger partial charge >= 0.3 is 0 Å². The highest BCUT2D eigenvalue weighted by Crippen LogP contribution is 2.31. The van der Waals surface area contributed by atoms with Crippen molar-refractivity contribution in [3.05, 3.63) is 28.7 Å². The average molecular weight is 440 g/mol. The molecule has 2 aliphatic rings. The Bertz CT molecular complexity index is 951. The van der Waals surface area contributed by atoms with E-state index >= 15 is 0 Å². The number of amides is 1. The second-order valence-electron chi connectivity index (χ2n) is 11.1. The van der Waals surface area contributed by atoms with E-state index in [1.54, 1.807) is 0 Å². The zero-order chi connectivity index (χ0) is 22.9. The number of carbonyl (C=O) groups excluding carboxylic acids is 1.